The number of carbonyl (C=O) groups is 2. The third-order valence-corrected chi connectivity index (χ3v) is 5.36. The molecule has 1 saturated heterocycles. The Labute approximate surface area is 192 Å². The van der Waals surface area contributed by atoms with Gasteiger partial charge in [-0.25, -0.2) is 4.79 Å². The van der Waals surface area contributed by atoms with E-state index in [2.05, 4.69) is 21.2 Å². The number of likely N-dealkylation sites (tertiary alicyclic amines) is 1. The van der Waals surface area contributed by atoms with Gasteiger partial charge in [0, 0.05) is 23.1 Å². The summed E-state index contributed by atoms with van der Waals surface area (Å²) in [6.45, 7) is 7.00. The van der Waals surface area contributed by atoms with E-state index in [0.717, 1.165) is 15.6 Å². The minimum Gasteiger partial charge on any atom is -0.489 e. The first-order valence-electron chi connectivity index (χ1n) is 10.4. The van der Waals surface area contributed by atoms with E-state index in [1.165, 1.54) is 0 Å². The second-order valence-corrected chi connectivity index (χ2v) is 9.59. The van der Waals surface area contributed by atoms with Gasteiger partial charge in [-0.1, -0.05) is 46.3 Å². The number of hydrogen-bond donors (Lipinski definition) is 1. The van der Waals surface area contributed by atoms with Crippen LogP contribution in [0, 0.1) is 0 Å². The van der Waals surface area contributed by atoms with Gasteiger partial charge >= 0.3 is 6.09 Å². The molecule has 1 aliphatic heterocycles. The van der Waals surface area contributed by atoms with E-state index >= 15 is 0 Å². The Morgan fingerprint density at radius 1 is 1.16 bits per heavy atom. The number of nitrogens with zero attached hydrogens (tertiary/aromatic N) is 1. The molecule has 0 radical (unpaired) electrons. The summed E-state index contributed by atoms with van der Waals surface area (Å²) in [5.74, 6) is 0.708. The molecule has 1 N–H and O–H groups in total. The molecule has 0 bridgehead atoms. The predicted octanol–water partition coefficient (Wildman–Crippen LogP) is 4.70. The second-order valence-electron chi connectivity index (χ2n) is 8.67. The highest BCUT2D eigenvalue weighted by atomic mass is 79.9. The second kappa shape index (κ2) is 10.2. The molecule has 0 spiro atoms. The Hall–Kier alpha value is -2.54. The van der Waals surface area contributed by atoms with Crippen LogP contribution in [0.5, 0.6) is 5.75 Å². The van der Waals surface area contributed by atoms with Crippen LogP contribution in [-0.2, 0) is 22.6 Å². The summed E-state index contributed by atoms with van der Waals surface area (Å²) < 4.78 is 12.2. The van der Waals surface area contributed by atoms with Crippen LogP contribution in [0.4, 0.5) is 4.79 Å². The Kier molecular flexibility index (Phi) is 7.59. The van der Waals surface area contributed by atoms with Crippen molar-refractivity contribution in [3.05, 3.63) is 64.1 Å². The lowest BCUT2D eigenvalue weighted by atomic mass is 10.1. The SMILES string of the molecule is CC(C)(C)OC(=O)N[C@H]1CCN(C(=O)Cc2cc(Br)ccc2OCc2ccccc2)C1. The smallest absolute Gasteiger partial charge is 0.407 e. The summed E-state index contributed by atoms with van der Waals surface area (Å²) >= 11 is 3.48. The molecule has 31 heavy (non-hydrogen) atoms. The van der Waals surface area contributed by atoms with Crippen LogP contribution >= 0.6 is 15.9 Å². The molecule has 7 heteroatoms. The topological polar surface area (TPSA) is 67.9 Å². The van der Waals surface area contributed by atoms with Crippen molar-refractivity contribution in [1.29, 1.82) is 0 Å². The van der Waals surface area contributed by atoms with Crippen molar-refractivity contribution in [2.45, 2.75) is 51.9 Å². The molecule has 1 fully saturated rings. The first-order chi connectivity index (χ1) is 14.7. The maximum atomic E-state index is 12.9. The van der Waals surface area contributed by atoms with E-state index in [1.807, 2.05) is 69.3 Å². The van der Waals surface area contributed by atoms with Crippen LogP contribution < -0.4 is 10.1 Å². The first kappa shape index (κ1) is 23.1. The molecular formula is C24H29BrN2O4. The number of nitrogens with one attached hydrogen (secondary N) is 1. The summed E-state index contributed by atoms with van der Waals surface area (Å²) in [4.78, 5) is 26.7. The molecule has 2 amide bonds. The summed E-state index contributed by atoms with van der Waals surface area (Å²) in [7, 11) is 0. The number of hydrogen-bond acceptors (Lipinski definition) is 4. The van der Waals surface area contributed by atoms with Crippen LogP contribution in [0.15, 0.2) is 53.0 Å². The standard InChI is InChI=1S/C24H29BrN2O4/c1-24(2,3)31-23(29)26-20-11-12-27(15-20)22(28)14-18-13-19(25)9-10-21(18)30-16-17-7-5-4-6-8-17/h4-10,13,20H,11-12,14-16H2,1-3H3,(H,26,29)/t20-/m0/s1. The minimum absolute atomic E-state index is 0.0103. The summed E-state index contributed by atoms with van der Waals surface area (Å²) in [5, 5.41) is 2.86. The molecule has 0 aromatic heterocycles. The summed E-state index contributed by atoms with van der Waals surface area (Å²) in [6, 6.07) is 15.5. The number of carbonyl (C=O) groups excluding carboxylic acids is 2. The third kappa shape index (κ3) is 7.28. The molecular weight excluding hydrogens is 460 g/mol. The molecule has 2 aromatic carbocycles. The lowest BCUT2D eigenvalue weighted by molar-refractivity contribution is -0.129. The van der Waals surface area contributed by atoms with Crippen LogP contribution in [0.25, 0.3) is 0 Å². The zero-order chi connectivity index (χ0) is 22.4. The molecule has 2 aromatic rings. The van der Waals surface area contributed by atoms with Crippen molar-refractivity contribution >= 4 is 27.9 Å². The fourth-order valence-electron chi connectivity index (χ4n) is 3.42. The Morgan fingerprint density at radius 2 is 1.90 bits per heavy atom. The lowest BCUT2D eigenvalue weighted by Gasteiger charge is -2.22. The fraction of sp³-hybridized carbons (Fsp3) is 0.417. The van der Waals surface area contributed by atoms with Gasteiger partial charge in [-0.05, 0) is 51.0 Å². The minimum atomic E-state index is -0.547. The highest BCUT2D eigenvalue weighted by Gasteiger charge is 2.29. The van der Waals surface area contributed by atoms with Crippen molar-refractivity contribution in [2.24, 2.45) is 0 Å². The normalized spacial score (nSPS) is 16.1. The average molecular weight is 489 g/mol. The molecule has 1 atom stereocenters. The van der Waals surface area contributed by atoms with Crippen LogP contribution in [0.2, 0.25) is 0 Å². The Bertz CT molecular complexity index is 912. The maximum absolute atomic E-state index is 12.9. The Balaban J connectivity index is 1.57. The van der Waals surface area contributed by atoms with Gasteiger partial charge in [0.05, 0.1) is 12.5 Å². The van der Waals surface area contributed by atoms with Crippen molar-refractivity contribution in [3.63, 3.8) is 0 Å². The lowest BCUT2D eigenvalue weighted by Crippen LogP contribution is -2.41. The molecule has 0 unspecified atom stereocenters. The van der Waals surface area contributed by atoms with Crippen LogP contribution in [-0.4, -0.2) is 41.6 Å². The molecule has 1 aliphatic rings. The van der Waals surface area contributed by atoms with Crippen LogP contribution in [0.1, 0.15) is 38.3 Å². The number of ether oxygens (including phenoxy) is 2. The summed E-state index contributed by atoms with van der Waals surface area (Å²) in [6.07, 6.45) is 0.499. The fourth-order valence-corrected chi connectivity index (χ4v) is 3.82. The van der Waals surface area contributed by atoms with E-state index in [4.69, 9.17) is 9.47 Å². The van der Waals surface area contributed by atoms with Gasteiger partial charge in [-0.3, -0.25) is 4.79 Å². The third-order valence-electron chi connectivity index (χ3n) is 4.86. The van der Waals surface area contributed by atoms with E-state index in [0.29, 0.717) is 31.9 Å². The van der Waals surface area contributed by atoms with E-state index in [1.54, 1.807) is 4.90 Å². The van der Waals surface area contributed by atoms with E-state index in [-0.39, 0.29) is 18.4 Å². The predicted molar refractivity (Wildman–Crippen MR) is 123 cm³/mol. The number of halogens is 1. The van der Waals surface area contributed by atoms with Crippen molar-refractivity contribution in [2.75, 3.05) is 13.1 Å². The first-order valence-corrected chi connectivity index (χ1v) is 11.2. The number of amides is 2. The zero-order valence-corrected chi connectivity index (χ0v) is 19.8. The largest absolute Gasteiger partial charge is 0.489 e. The van der Waals surface area contributed by atoms with Gasteiger partial charge in [0.2, 0.25) is 5.91 Å². The number of rotatable bonds is 6. The van der Waals surface area contributed by atoms with E-state index < -0.39 is 11.7 Å². The van der Waals surface area contributed by atoms with E-state index in [9.17, 15) is 9.59 Å². The van der Waals surface area contributed by atoms with Crippen LogP contribution in [0.3, 0.4) is 0 Å². The maximum Gasteiger partial charge on any atom is 0.407 e. The van der Waals surface area contributed by atoms with Crippen molar-refractivity contribution in [1.82, 2.24) is 10.2 Å². The van der Waals surface area contributed by atoms with Gasteiger partial charge in [0.1, 0.15) is 18.0 Å². The quantitative estimate of drug-likeness (QED) is 0.639. The number of alkyl carbamates (subject to hydrolysis) is 1. The van der Waals surface area contributed by atoms with Gasteiger partial charge < -0.3 is 19.7 Å². The highest BCUT2D eigenvalue weighted by molar-refractivity contribution is 9.10. The molecule has 0 aliphatic carbocycles. The van der Waals surface area contributed by atoms with Gasteiger partial charge in [-0.2, -0.15) is 0 Å². The highest BCUT2D eigenvalue weighted by Crippen LogP contribution is 2.26. The van der Waals surface area contributed by atoms with Gasteiger partial charge in [0.25, 0.3) is 0 Å². The summed E-state index contributed by atoms with van der Waals surface area (Å²) in [5.41, 5.74) is 1.35. The van der Waals surface area contributed by atoms with Crippen molar-refractivity contribution < 1.29 is 19.1 Å². The molecule has 1 heterocycles. The average Bonchev–Trinajstić information content (AvgIpc) is 3.15. The molecule has 166 valence electrons. The molecule has 6 nitrogen and oxygen atoms in total. The molecule has 0 saturated carbocycles. The Morgan fingerprint density at radius 3 is 2.61 bits per heavy atom. The zero-order valence-electron chi connectivity index (χ0n) is 18.2. The van der Waals surface area contributed by atoms with Gasteiger partial charge in [-0.15, -0.1) is 0 Å². The molecule has 3 rings (SSSR count). The van der Waals surface area contributed by atoms with Crippen molar-refractivity contribution in [3.8, 4) is 5.75 Å². The van der Waals surface area contributed by atoms with Gasteiger partial charge in [0.15, 0.2) is 0 Å². The number of benzene rings is 2. The monoisotopic (exact) mass is 488 g/mol.